The van der Waals surface area contributed by atoms with E-state index in [0.717, 1.165) is 0 Å². The molecule has 1 heterocycles. The number of carbonyl (C=O) groups is 1. The van der Waals surface area contributed by atoms with Crippen LogP contribution in [0.5, 0.6) is 5.88 Å². The van der Waals surface area contributed by atoms with Crippen LogP contribution in [0.25, 0.3) is 10.9 Å². The van der Waals surface area contributed by atoms with Crippen molar-refractivity contribution in [3.63, 3.8) is 0 Å². The number of fused-ring (bicyclic) bond motifs is 1. The van der Waals surface area contributed by atoms with Gasteiger partial charge in [-0.2, -0.15) is 13.2 Å². The van der Waals surface area contributed by atoms with Gasteiger partial charge in [0, 0.05) is 17.0 Å². The Kier molecular flexibility index (Phi) is 3.18. The van der Waals surface area contributed by atoms with Crippen molar-refractivity contribution < 1.29 is 22.7 Å². The first-order chi connectivity index (χ1) is 8.48. The fraction of sp³-hybridized carbons (Fsp3) is 0.167. The van der Waals surface area contributed by atoms with Gasteiger partial charge in [-0.15, -0.1) is 0 Å². The summed E-state index contributed by atoms with van der Waals surface area (Å²) in [6.45, 7) is -1.38. The molecule has 0 radical (unpaired) electrons. The SMILES string of the molecule is O=Cc1ccc2nc(OCC(F)(F)F)ccc2c1. The van der Waals surface area contributed by atoms with Crippen molar-refractivity contribution >= 4 is 17.2 Å². The molecule has 2 rings (SSSR count). The molecule has 0 aliphatic carbocycles. The lowest BCUT2D eigenvalue weighted by atomic mass is 10.1. The Morgan fingerprint density at radius 1 is 1.22 bits per heavy atom. The average molecular weight is 255 g/mol. The van der Waals surface area contributed by atoms with Gasteiger partial charge in [0.2, 0.25) is 5.88 Å². The number of aromatic nitrogens is 1. The molecule has 0 atom stereocenters. The molecule has 1 aromatic heterocycles. The first kappa shape index (κ1) is 12.3. The van der Waals surface area contributed by atoms with Gasteiger partial charge in [0.1, 0.15) is 6.29 Å². The molecule has 0 N–H and O–H groups in total. The number of pyridine rings is 1. The summed E-state index contributed by atoms with van der Waals surface area (Å²) < 4.78 is 40.4. The third kappa shape index (κ3) is 2.97. The molecule has 0 saturated carbocycles. The number of carbonyl (C=O) groups excluding carboxylic acids is 1. The third-order valence-electron chi connectivity index (χ3n) is 2.21. The molecule has 0 unspecified atom stereocenters. The second kappa shape index (κ2) is 4.64. The lowest BCUT2D eigenvalue weighted by Crippen LogP contribution is -2.19. The molecule has 94 valence electrons. The molecule has 1 aromatic carbocycles. The minimum Gasteiger partial charge on any atom is -0.468 e. The van der Waals surface area contributed by atoms with E-state index in [9.17, 15) is 18.0 Å². The Morgan fingerprint density at radius 2 is 2.00 bits per heavy atom. The quantitative estimate of drug-likeness (QED) is 0.791. The fourth-order valence-electron chi connectivity index (χ4n) is 1.43. The third-order valence-corrected chi connectivity index (χ3v) is 2.21. The summed E-state index contributed by atoms with van der Waals surface area (Å²) in [5.74, 6) is -0.0984. The van der Waals surface area contributed by atoms with Gasteiger partial charge in [-0.1, -0.05) is 0 Å². The minimum atomic E-state index is -4.39. The highest BCUT2D eigenvalue weighted by Crippen LogP contribution is 2.20. The van der Waals surface area contributed by atoms with Gasteiger partial charge in [-0.05, 0) is 24.3 Å². The summed E-state index contributed by atoms with van der Waals surface area (Å²) in [6, 6.07) is 7.59. The van der Waals surface area contributed by atoms with Gasteiger partial charge in [0.25, 0.3) is 0 Å². The molecule has 0 bridgehead atoms. The zero-order chi connectivity index (χ0) is 13.2. The van der Waals surface area contributed by atoms with Crippen LogP contribution in [-0.2, 0) is 0 Å². The van der Waals surface area contributed by atoms with E-state index >= 15 is 0 Å². The number of alkyl halides is 3. The Balaban J connectivity index is 2.25. The van der Waals surface area contributed by atoms with E-state index in [4.69, 9.17) is 0 Å². The van der Waals surface area contributed by atoms with Gasteiger partial charge in [0.15, 0.2) is 6.61 Å². The summed E-state index contributed by atoms with van der Waals surface area (Å²) in [7, 11) is 0. The zero-order valence-corrected chi connectivity index (χ0v) is 9.07. The summed E-state index contributed by atoms with van der Waals surface area (Å²) in [5.41, 5.74) is 0.952. The van der Waals surface area contributed by atoms with E-state index in [1.807, 2.05) is 0 Å². The molecule has 0 spiro atoms. The van der Waals surface area contributed by atoms with Crippen molar-refractivity contribution in [1.82, 2.24) is 4.98 Å². The van der Waals surface area contributed by atoms with E-state index in [1.54, 1.807) is 18.2 Å². The van der Waals surface area contributed by atoms with Crippen LogP contribution in [0, 0.1) is 0 Å². The van der Waals surface area contributed by atoms with Crippen LogP contribution in [0.15, 0.2) is 30.3 Å². The zero-order valence-electron chi connectivity index (χ0n) is 9.07. The number of hydrogen-bond donors (Lipinski definition) is 0. The number of ether oxygens (including phenoxy) is 1. The number of aldehydes is 1. The van der Waals surface area contributed by atoms with Gasteiger partial charge in [-0.3, -0.25) is 4.79 Å². The van der Waals surface area contributed by atoms with Crippen LogP contribution in [0.4, 0.5) is 13.2 Å². The van der Waals surface area contributed by atoms with Gasteiger partial charge in [-0.25, -0.2) is 4.98 Å². The molecule has 0 fully saturated rings. The molecule has 0 amide bonds. The van der Waals surface area contributed by atoms with E-state index in [2.05, 4.69) is 9.72 Å². The molecule has 0 aliphatic rings. The van der Waals surface area contributed by atoms with Crippen molar-refractivity contribution in [3.8, 4) is 5.88 Å². The first-order valence-electron chi connectivity index (χ1n) is 5.03. The number of halogens is 3. The van der Waals surface area contributed by atoms with Crippen molar-refractivity contribution in [2.45, 2.75) is 6.18 Å². The van der Waals surface area contributed by atoms with Crippen LogP contribution in [0.3, 0.4) is 0 Å². The highest BCUT2D eigenvalue weighted by molar-refractivity contribution is 5.86. The molecule has 18 heavy (non-hydrogen) atoms. The maximum absolute atomic E-state index is 12.0. The lowest BCUT2D eigenvalue weighted by molar-refractivity contribution is -0.154. The summed E-state index contributed by atoms with van der Waals surface area (Å²) in [5, 5.41) is 0.666. The normalized spacial score (nSPS) is 11.5. The van der Waals surface area contributed by atoms with Crippen molar-refractivity contribution in [3.05, 3.63) is 35.9 Å². The highest BCUT2D eigenvalue weighted by atomic mass is 19.4. The summed E-state index contributed by atoms with van der Waals surface area (Å²) in [4.78, 5) is 14.5. The smallest absolute Gasteiger partial charge is 0.422 e. The number of hydrogen-bond acceptors (Lipinski definition) is 3. The standard InChI is InChI=1S/C12H8F3NO2/c13-12(14,15)7-18-11-4-2-9-5-8(6-17)1-3-10(9)16-11/h1-6H,7H2. The second-order valence-electron chi connectivity index (χ2n) is 3.62. The van der Waals surface area contributed by atoms with E-state index in [0.29, 0.717) is 22.8 Å². The molecule has 3 nitrogen and oxygen atoms in total. The van der Waals surface area contributed by atoms with Crippen molar-refractivity contribution in [2.75, 3.05) is 6.61 Å². The van der Waals surface area contributed by atoms with Gasteiger partial charge >= 0.3 is 6.18 Å². The van der Waals surface area contributed by atoms with Crippen LogP contribution in [0.2, 0.25) is 0 Å². The van der Waals surface area contributed by atoms with Crippen LogP contribution >= 0.6 is 0 Å². The van der Waals surface area contributed by atoms with Crippen LogP contribution < -0.4 is 4.74 Å². The Hall–Kier alpha value is -2.11. The van der Waals surface area contributed by atoms with Gasteiger partial charge < -0.3 is 4.74 Å². The Labute approximate surface area is 100 Å². The summed E-state index contributed by atoms with van der Waals surface area (Å²) in [6.07, 6.45) is -3.70. The average Bonchev–Trinajstić information content (AvgIpc) is 2.34. The molecule has 0 saturated heterocycles. The second-order valence-corrected chi connectivity index (χ2v) is 3.62. The maximum atomic E-state index is 12.0. The first-order valence-corrected chi connectivity index (χ1v) is 5.03. The Morgan fingerprint density at radius 3 is 2.67 bits per heavy atom. The number of rotatable bonds is 3. The molecule has 6 heteroatoms. The predicted molar refractivity (Wildman–Crippen MR) is 58.7 cm³/mol. The van der Waals surface area contributed by atoms with Crippen LogP contribution in [-0.4, -0.2) is 24.1 Å². The van der Waals surface area contributed by atoms with E-state index < -0.39 is 12.8 Å². The van der Waals surface area contributed by atoms with Crippen molar-refractivity contribution in [1.29, 1.82) is 0 Å². The van der Waals surface area contributed by atoms with Crippen LogP contribution in [0.1, 0.15) is 10.4 Å². The van der Waals surface area contributed by atoms with Gasteiger partial charge in [0.05, 0.1) is 5.52 Å². The fourth-order valence-corrected chi connectivity index (χ4v) is 1.43. The van der Waals surface area contributed by atoms with E-state index in [1.165, 1.54) is 12.1 Å². The highest BCUT2D eigenvalue weighted by Gasteiger charge is 2.28. The van der Waals surface area contributed by atoms with Crippen molar-refractivity contribution in [2.24, 2.45) is 0 Å². The molecule has 2 aromatic rings. The Bertz CT molecular complexity index is 581. The summed E-state index contributed by atoms with van der Waals surface area (Å²) >= 11 is 0. The van der Waals surface area contributed by atoms with E-state index in [-0.39, 0.29) is 5.88 Å². The molecular formula is C12H8F3NO2. The lowest BCUT2D eigenvalue weighted by Gasteiger charge is -2.08. The minimum absolute atomic E-state index is 0.0984. The molecule has 0 aliphatic heterocycles. The monoisotopic (exact) mass is 255 g/mol. The predicted octanol–water partition coefficient (Wildman–Crippen LogP) is 2.99. The molecular weight excluding hydrogens is 247 g/mol. The maximum Gasteiger partial charge on any atom is 0.422 e. The topological polar surface area (TPSA) is 39.2 Å². The largest absolute Gasteiger partial charge is 0.468 e. The number of nitrogens with zero attached hydrogens (tertiary/aromatic N) is 1. The number of benzene rings is 1.